The van der Waals surface area contributed by atoms with Crippen molar-refractivity contribution < 1.29 is 0 Å². The maximum atomic E-state index is 4.33. The minimum Gasteiger partial charge on any atom is -0.250 e. The van der Waals surface area contributed by atoms with Gasteiger partial charge < -0.3 is 0 Å². The van der Waals surface area contributed by atoms with Gasteiger partial charge >= 0.3 is 0 Å². The van der Waals surface area contributed by atoms with E-state index in [1.54, 1.807) is 6.33 Å². The molecule has 2 atom stereocenters. The number of rotatable bonds is 5. The lowest BCUT2D eigenvalue weighted by Gasteiger charge is -2.18. The zero-order valence-electron chi connectivity index (χ0n) is 10.8. The molecule has 0 N–H and O–H groups in total. The van der Waals surface area contributed by atoms with E-state index in [0.717, 1.165) is 18.8 Å². The fourth-order valence-electron chi connectivity index (χ4n) is 2.07. The molecule has 0 spiro atoms. The predicted octanol–water partition coefficient (Wildman–Crippen LogP) is 3.61. The van der Waals surface area contributed by atoms with Gasteiger partial charge in [0.25, 0.3) is 0 Å². The fraction of sp³-hybridized carbons (Fsp3) is 0.429. The average molecular weight is 308 g/mol. The van der Waals surface area contributed by atoms with Crippen molar-refractivity contribution in [2.75, 3.05) is 0 Å². The lowest BCUT2D eigenvalue weighted by Crippen LogP contribution is -2.12. The number of benzene rings is 1. The van der Waals surface area contributed by atoms with Crippen molar-refractivity contribution in [3.63, 3.8) is 0 Å². The molecule has 0 aliphatic heterocycles. The third kappa shape index (κ3) is 2.99. The van der Waals surface area contributed by atoms with E-state index in [4.69, 9.17) is 0 Å². The highest BCUT2D eigenvalue weighted by atomic mass is 79.9. The van der Waals surface area contributed by atoms with Crippen LogP contribution >= 0.6 is 15.9 Å². The molecule has 0 bridgehead atoms. The summed E-state index contributed by atoms with van der Waals surface area (Å²) in [5, 5.41) is 4.21. The van der Waals surface area contributed by atoms with Crippen LogP contribution in [0.5, 0.6) is 0 Å². The molecule has 2 aromatic rings. The first-order valence-corrected chi connectivity index (χ1v) is 7.19. The summed E-state index contributed by atoms with van der Waals surface area (Å²) in [4.78, 5) is 4.68. The molecule has 4 heteroatoms. The Morgan fingerprint density at radius 2 is 2.00 bits per heavy atom. The Morgan fingerprint density at radius 1 is 1.28 bits per heavy atom. The van der Waals surface area contributed by atoms with Crippen LogP contribution in [-0.4, -0.2) is 14.8 Å². The lowest BCUT2D eigenvalue weighted by atomic mass is 9.97. The Kier molecular flexibility index (Phi) is 4.53. The van der Waals surface area contributed by atoms with Gasteiger partial charge in [-0.2, -0.15) is 5.10 Å². The summed E-state index contributed by atoms with van der Waals surface area (Å²) < 4.78 is 1.96. The molecule has 3 nitrogen and oxygen atoms in total. The van der Waals surface area contributed by atoms with Crippen molar-refractivity contribution in [3.05, 3.63) is 48.0 Å². The summed E-state index contributed by atoms with van der Waals surface area (Å²) >= 11 is 3.79. The molecule has 0 aliphatic rings. The van der Waals surface area contributed by atoms with Crippen molar-refractivity contribution in [2.45, 2.75) is 31.6 Å². The first-order chi connectivity index (χ1) is 8.72. The largest absolute Gasteiger partial charge is 0.250 e. The Morgan fingerprint density at radius 3 is 2.67 bits per heavy atom. The van der Waals surface area contributed by atoms with Crippen LogP contribution in [0.4, 0.5) is 0 Å². The number of hydrogen-bond acceptors (Lipinski definition) is 2. The Hall–Kier alpha value is -1.16. The van der Waals surface area contributed by atoms with Crippen LogP contribution in [0.1, 0.15) is 30.1 Å². The highest BCUT2D eigenvalue weighted by molar-refractivity contribution is 9.09. The zero-order valence-corrected chi connectivity index (χ0v) is 12.3. The Labute approximate surface area is 116 Å². The van der Waals surface area contributed by atoms with E-state index >= 15 is 0 Å². The summed E-state index contributed by atoms with van der Waals surface area (Å²) in [6.45, 7) is 5.20. The molecule has 0 aliphatic carbocycles. The molecular weight excluding hydrogens is 290 g/mol. The number of aromatic nitrogens is 3. The van der Waals surface area contributed by atoms with Gasteiger partial charge in [0.15, 0.2) is 0 Å². The van der Waals surface area contributed by atoms with E-state index in [0.29, 0.717) is 10.7 Å². The van der Waals surface area contributed by atoms with Crippen LogP contribution in [0.15, 0.2) is 36.7 Å². The summed E-state index contributed by atoms with van der Waals surface area (Å²) in [5.41, 5.74) is 1.31. The fourth-order valence-corrected chi connectivity index (χ4v) is 2.56. The maximum absolute atomic E-state index is 4.33. The molecule has 1 aromatic carbocycles. The SMILES string of the molecule is CCn1ncnc1CC(C)C(Br)c1ccccc1. The summed E-state index contributed by atoms with van der Waals surface area (Å²) in [5.74, 6) is 1.53. The predicted molar refractivity (Wildman–Crippen MR) is 76.7 cm³/mol. The van der Waals surface area contributed by atoms with E-state index in [1.165, 1.54) is 5.56 Å². The van der Waals surface area contributed by atoms with Gasteiger partial charge in [0.2, 0.25) is 0 Å². The molecule has 0 saturated carbocycles. The maximum Gasteiger partial charge on any atom is 0.138 e. The van der Waals surface area contributed by atoms with E-state index in [-0.39, 0.29) is 0 Å². The van der Waals surface area contributed by atoms with Crippen LogP contribution < -0.4 is 0 Å². The van der Waals surface area contributed by atoms with Gasteiger partial charge in [0.05, 0.1) is 0 Å². The molecule has 0 saturated heterocycles. The van der Waals surface area contributed by atoms with Gasteiger partial charge in [-0.15, -0.1) is 0 Å². The van der Waals surface area contributed by atoms with Crippen LogP contribution in [0, 0.1) is 5.92 Å². The first kappa shape index (κ1) is 13.3. The highest BCUT2D eigenvalue weighted by Gasteiger charge is 2.18. The molecule has 96 valence electrons. The standard InChI is InChI=1S/C14H18BrN3/c1-3-18-13(16-10-17-18)9-11(2)14(15)12-7-5-4-6-8-12/h4-8,10-11,14H,3,9H2,1-2H3. The summed E-state index contributed by atoms with van der Waals surface area (Å²) in [6.07, 6.45) is 2.57. The number of alkyl halides is 1. The van der Waals surface area contributed by atoms with Gasteiger partial charge in [-0.25, -0.2) is 4.98 Å². The van der Waals surface area contributed by atoms with Crippen LogP contribution in [0.25, 0.3) is 0 Å². The number of halogens is 1. The summed E-state index contributed by atoms with van der Waals surface area (Å²) in [6, 6.07) is 10.5. The third-order valence-corrected chi connectivity index (χ3v) is 4.55. The second-order valence-corrected chi connectivity index (χ2v) is 5.47. The van der Waals surface area contributed by atoms with Crippen LogP contribution in [0.2, 0.25) is 0 Å². The smallest absolute Gasteiger partial charge is 0.138 e. The minimum atomic E-state index is 0.348. The number of hydrogen-bond donors (Lipinski definition) is 0. The molecule has 0 fully saturated rings. The van der Waals surface area contributed by atoms with Crippen LogP contribution in [-0.2, 0) is 13.0 Å². The topological polar surface area (TPSA) is 30.7 Å². The minimum absolute atomic E-state index is 0.348. The lowest BCUT2D eigenvalue weighted by molar-refractivity contribution is 0.517. The molecule has 0 radical (unpaired) electrons. The first-order valence-electron chi connectivity index (χ1n) is 6.28. The zero-order chi connectivity index (χ0) is 13.0. The quantitative estimate of drug-likeness (QED) is 0.790. The van der Waals surface area contributed by atoms with Crippen molar-refractivity contribution in [2.24, 2.45) is 5.92 Å². The van der Waals surface area contributed by atoms with Crippen molar-refractivity contribution in [1.29, 1.82) is 0 Å². The van der Waals surface area contributed by atoms with Crippen LogP contribution in [0.3, 0.4) is 0 Å². The molecule has 2 rings (SSSR count). The van der Waals surface area contributed by atoms with Gasteiger partial charge in [-0.05, 0) is 18.4 Å². The third-order valence-electron chi connectivity index (χ3n) is 3.12. The van der Waals surface area contributed by atoms with Crippen molar-refractivity contribution >= 4 is 15.9 Å². The molecule has 1 heterocycles. The molecule has 18 heavy (non-hydrogen) atoms. The average Bonchev–Trinajstić information content (AvgIpc) is 2.86. The molecule has 0 amide bonds. The molecule has 2 unspecified atom stereocenters. The summed E-state index contributed by atoms with van der Waals surface area (Å²) in [7, 11) is 0. The van der Waals surface area contributed by atoms with E-state index in [9.17, 15) is 0 Å². The van der Waals surface area contributed by atoms with Gasteiger partial charge in [-0.1, -0.05) is 53.2 Å². The van der Waals surface area contributed by atoms with Gasteiger partial charge in [-0.3, -0.25) is 4.68 Å². The monoisotopic (exact) mass is 307 g/mol. The Bertz CT molecular complexity index is 481. The van der Waals surface area contributed by atoms with E-state index in [2.05, 4.69) is 64.1 Å². The second-order valence-electron chi connectivity index (χ2n) is 4.49. The van der Waals surface area contributed by atoms with Crippen molar-refractivity contribution in [1.82, 2.24) is 14.8 Å². The van der Waals surface area contributed by atoms with Gasteiger partial charge in [0, 0.05) is 17.8 Å². The Balaban J connectivity index is 2.06. The van der Waals surface area contributed by atoms with Gasteiger partial charge in [0.1, 0.15) is 12.2 Å². The molecule has 1 aromatic heterocycles. The number of aryl methyl sites for hydroxylation is 1. The van der Waals surface area contributed by atoms with E-state index in [1.807, 2.05) is 10.7 Å². The van der Waals surface area contributed by atoms with E-state index < -0.39 is 0 Å². The highest BCUT2D eigenvalue weighted by Crippen LogP contribution is 2.32. The normalized spacial score (nSPS) is 14.4. The van der Waals surface area contributed by atoms with Crippen molar-refractivity contribution in [3.8, 4) is 0 Å². The molecular formula is C14H18BrN3. The number of nitrogens with zero attached hydrogens (tertiary/aromatic N) is 3. The second kappa shape index (κ2) is 6.14.